The lowest BCUT2D eigenvalue weighted by Crippen LogP contribution is -2.44. The maximum atomic E-state index is 15.1. The number of anilines is 3. The van der Waals surface area contributed by atoms with Crippen LogP contribution in [0, 0.1) is 24.1 Å². The zero-order chi connectivity index (χ0) is 25.2. The number of fused-ring (bicyclic) bond motifs is 1. The van der Waals surface area contributed by atoms with Gasteiger partial charge in [-0.3, -0.25) is 0 Å². The van der Waals surface area contributed by atoms with Crippen LogP contribution >= 0.6 is 0 Å². The van der Waals surface area contributed by atoms with Crippen LogP contribution in [0.4, 0.5) is 21.6 Å². The van der Waals surface area contributed by atoms with Crippen LogP contribution in [0.3, 0.4) is 0 Å². The zero-order valence-electron chi connectivity index (χ0n) is 20.3. The van der Waals surface area contributed by atoms with Gasteiger partial charge in [-0.05, 0) is 44.3 Å². The molecule has 2 N–H and O–H groups in total. The van der Waals surface area contributed by atoms with Gasteiger partial charge in [0.1, 0.15) is 18.1 Å². The van der Waals surface area contributed by atoms with Crippen molar-refractivity contribution in [1.29, 1.82) is 5.26 Å². The first-order valence-corrected chi connectivity index (χ1v) is 11.6. The number of H-pyrrole nitrogens is 1. The predicted octanol–water partition coefficient (Wildman–Crippen LogP) is 4.57. The lowest BCUT2D eigenvalue weighted by molar-refractivity contribution is 0.312. The summed E-state index contributed by atoms with van der Waals surface area (Å²) in [6.07, 6.45) is 1.26. The van der Waals surface area contributed by atoms with Gasteiger partial charge in [-0.25, -0.2) is 14.4 Å². The highest BCUT2D eigenvalue weighted by atomic mass is 19.1. The van der Waals surface area contributed by atoms with Crippen LogP contribution in [0.15, 0.2) is 42.7 Å². The number of aryl methyl sites for hydroxylation is 1. The minimum Gasteiger partial charge on any atom is -0.494 e. The number of halogens is 1. The maximum Gasteiger partial charge on any atom is 0.242 e. The molecule has 0 spiro atoms. The van der Waals surface area contributed by atoms with E-state index in [9.17, 15) is 5.26 Å². The Hall–Kier alpha value is -4.36. The second kappa shape index (κ2) is 9.71. The van der Waals surface area contributed by atoms with Gasteiger partial charge in [0.2, 0.25) is 5.88 Å². The molecule has 0 aliphatic carbocycles. The van der Waals surface area contributed by atoms with Crippen LogP contribution in [-0.4, -0.2) is 60.2 Å². The molecule has 184 valence electrons. The molecule has 1 saturated heterocycles. The highest BCUT2D eigenvalue weighted by Gasteiger charge is 2.20. The van der Waals surface area contributed by atoms with Crippen molar-refractivity contribution >= 4 is 28.1 Å². The minimum atomic E-state index is -0.532. The summed E-state index contributed by atoms with van der Waals surface area (Å²) in [5.74, 6) is 0.225. The molecule has 5 rings (SSSR count). The number of aromatic nitrogens is 3. The lowest BCUT2D eigenvalue weighted by atomic mass is 10.2. The lowest BCUT2D eigenvalue weighted by Gasteiger charge is -2.34. The third kappa shape index (κ3) is 4.48. The molecule has 0 radical (unpaired) electrons. The van der Waals surface area contributed by atoms with Crippen molar-refractivity contribution in [3.63, 3.8) is 0 Å². The van der Waals surface area contributed by atoms with E-state index < -0.39 is 5.82 Å². The van der Waals surface area contributed by atoms with Crippen molar-refractivity contribution < 1.29 is 13.9 Å². The number of nitriles is 1. The van der Waals surface area contributed by atoms with Gasteiger partial charge >= 0.3 is 0 Å². The molecule has 3 heterocycles. The summed E-state index contributed by atoms with van der Waals surface area (Å²) in [5, 5.41) is 13.4. The van der Waals surface area contributed by atoms with Crippen LogP contribution in [-0.2, 0) is 0 Å². The van der Waals surface area contributed by atoms with E-state index in [0.717, 1.165) is 37.6 Å². The molecule has 9 nitrogen and oxygen atoms in total. The van der Waals surface area contributed by atoms with E-state index in [2.05, 4.69) is 43.2 Å². The fourth-order valence-corrected chi connectivity index (χ4v) is 4.29. The molecule has 4 aromatic rings. The van der Waals surface area contributed by atoms with Crippen LogP contribution in [0.5, 0.6) is 17.4 Å². The number of rotatable bonds is 6. The molecule has 0 amide bonds. The Labute approximate surface area is 208 Å². The second-order valence-electron chi connectivity index (χ2n) is 8.71. The molecule has 2 aromatic heterocycles. The highest BCUT2D eigenvalue weighted by molar-refractivity contribution is 5.83. The molecule has 0 unspecified atom stereocenters. The molecule has 1 fully saturated rings. The van der Waals surface area contributed by atoms with Gasteiger partial charge < -0.3 is 29.6 Å². The van der Waals surface area contributed by atoms with E-state index in [1.807, 2.05) is 25.1 Å². The van der Waals surface area contributed by atoms with Gasteiger partial charge in [-0.2, -0.15) is 5.26 Å². The third-order valence-corrected chi connectivity index (χ3v) is 6.27. The maximum absolute atomic E-state index is 15.1. The van der Waals surface area contributed by atoms with E-state index in [1.54, 1.807) is 19.2 Å². The molecule has 36 heavy (non-hydrogen) atoms. The molecular formula is C26H26FN7O2. The zero-order valence-corrected chi connectivity index (χ0v) is 20.3. The van der Waals surface area contributed by atoms with Gasteiger partial charge in [0.15, 0.2) is 22.9 Å². The minimum absolute atomic E-state index is 0.0308. The largest absolute Gasteiger partial charge is 0.494 e. The number of aromatic amines is 1. The number of likely N-dealkylation sites (N-methyl/N-ethyl adjacent to an activating group) is 1. The Morgan fingerprint density at radius 2 is 1.89 bits per heavy atom. The van der Waals surface area contributed by atoms with Crippen molar-refractivity contribution in [3.8, 4) is 23.4 Å². The fourth-order valence-electron chi connectivity index (χ4n) is 4.29. The molecule has 0 bridgehead atoms. The molecule has 0 atom stereocenters. The quantitative estimate of drug-likeness (QED) is 0.408. The smallest absolute Gasteiger partial charge is 0.242 e. The SMILES string of the molecule is COc1cc(N2CCN(C)CC2)ccc1Nc1ncnc(Oc2ccc3[nH]c(C)cc3c2F)c1C#N. The van der Waals surface area contributed by atoms with Crippen molar-refractivity contribution in [2.24, 2.45) is 0 Å². The third-order valence-electron chi connectivity index (χ3n) is 6.27. The number of benzene rings is 2. The van der Waals surface area contributed by atoms with Crippen molar-refractivity contribution in [1.82, 2.24) is 19.9 Å². The molecule has 2 aromatic carbocycles. The first kappa shape index (κ1) is 23.4. The summed E-state index contributed by atoms with van der Waals surface area (Å²) in [6.45, 7) is 5.70. The standard InChI is InChI=1S/C26H26FN7O2/c1-16-12-18-20(31-16)6-7-22(24(18)27)36-26-19(14-28)25(29-15-30-26)32-21-5-4-17(13-23(21)35-3)34-10-8-33(2)9-11-34/h4-7,12-13,15,31H,8-11H2,1-3H3,(H,29,30,32). The molecule has 10 heteroatoms. The number of ether oxygens (including phenoxy) is 2. The van der Waals surface area contributed by atoms with Crippen molar-refractivity contribution in [3.05, 3.63) is 59.8 Å². The van der Waals surface area contributed by atoms with E-state index >= 15 is 4.39 Å². The Kier molecular flexibility index (Phi) is 6.31. The van der Waals surface area contributed by atoms with E-state index in [-0.39, 0.29) is 23.0 Å². The number of hydrogen-bond acceptors (Lipinski definition) is 8. The first-order chi connectivity index (χ1) is 17.5. The van der Waals surface area contributed by atoms with Gasteiger partial charge in [-0.15, -0.1) is 0 Å². The first-order valence-electron chi connectivity index (χ1n) is 11.6. The summed E-state index contributed by atoms with van der Waals surface area (Å²) >= 11 is 0. The summed E-state index contributed by atoms with van der Waals surface area (Å²) < 4.78 is 26.4. The number of piperazine rings is 1. The Balaban J connectivity index is 1.42. The normalized spacial score (nSPS) is 14.0. The Bertz CT molecular complexity index is 1450. The summed E-state index contributed by atoms with van der Waals surface area (Å²) in [5.41, 5.74) is 3.23. The molecule has 1 aliphatic rings. The number of methoxy groups -OCH3 is 1. The number of hydrogen-bond donors (Lipinski definition) is 2. The van der Waals surface area contributed by atoms with Gasteiger partial charge in [0, 0.05) is 54.5 Å². The van der Waals surface area contributed by atoms with Crippen molar-refractivity contribution in [2.75, 3.05) is 50.6 Å². The average Bonchev–Trinajstić information content (AvgIpc) is 3.28. The molecule has 0 saturated carbocycles. The van der Waals surface area contributed by atoms with Crippen LogP contribution in [0.2, 0.25) is 0 Å². The van der Waals surface area contributed by atoms with E-state index in [0.29, 0.717) is 22.3 Å². The number of nitrogens with one attached hydrogen (secondary N) is 2. The Morgan fingerprint density at radius 3 is 2.64 bits per heavy atom. The summed E-state index contributed by atoms with van der Waals surface area (Å²) in [6, 6.07) is 12.9. The predicted molar refractivity (Wildman–Crippen MR) is 136 cm³/mol. The summed E-state index contributed by atoms with van der Waals surface area (Å²) in [7, 11) is 3.71. The average molecular weight is 488 g/mol. The van der Waals surface area contributed by atoms with Crippen LogP contribution in [0.1, 0.15) is 11.3 Å². The Morgan fingerprint density at radius 1 is 1.08 bits per heavy atom. The van der Waals surface area contributed by atoms with Gasteiger partial charge in [0.25, 0.3) is 0 Å². The molecular weight excluding hydrogens is 461 g/mol. The second-order valence-corrected chi connectivity index (χ2v) is 8.71. The van der Waals surface area contributed by atoms with Crippen molar-refractivity contribution in [2.45, 2.75) is 6.92 Å². The molecule has 1 aliphatic heterocycles. The van der Waals surface area contributed by atoms with Crippen LogP contribution < -0.4 is 19.7 Å². The van der Waals surface area contributed by atoms with E-state index in [1.165, 1.54) is 12.4 Å². The highest BCUT2D eigenvalue weighted by Crippen LogP contribution is 2.36. The fraction of sp³-hybridized carbons (Fsp3) is 0.269. The summed E-state index contributed by atoms with van der Waals surface area (Å²) in [4.78, 5) is 16.0. The van der Waals surface area contributed by atoms with E-state index in [4.69, 9.17) is 9.47 Å². The van der Waals surface area contributed by atoms with Gasteiger partial charge in [0.05, 0.1) is 12.8 Å². The van der Waals surface area contributed by atoms with Crippen LogP contribution in [0.25, 0.3) is 10.9 Å². The monoisotopic (exact) mass is 487 g/mol. The topological polar surface area (TPSA) is 102 Å². The number of nitrogens with zero attached hydrogens (tertiary/aromatic N) is 5. The van der Waals surface area contributed by atoms with Gasteiger partial charge in [-0.1, -0.05) is 0 Å².